The molecule has 0 N–H and O–H groups in total. The molecule has 0 unspecified atom stereocenters. The highest BCUT2D eigenvalue weighted by atomic mass is 15.3. The molecular formula is C15H22N4. The molecule has 0 saturated heterocycles. The summed E-state index contributed by atoms with van der Waals surface area (Å²) in [6, 6.07) is 2.18. The van der Waals surface area contributed by atoms with Gasteiger partial charge in [-0.15, -0.1) is 0 Å². The summed E-state index contributed by atoms with van der Waals surface area (Å²) in [7, 11) is 0. The van der Waals surface area contributed by atoms with E-state index in [1.807, 2.05) is 4.68 Å². The fourth-order valence-electron chi connectivity index (χ4n) is 1.86. The molecule has 0 amide bonds. The van der Waals surface area contributed by atoms with Crippen LogP contribution in [0.2, 0.25) is 0 Å². The van der Waals surface area contributed by atoms with Crippen molar-refractivity contribution in [3.8, 4) is 5.82 Å². The summed E-state index contributed by atoms with van der Waals surface area (Å²) in [5.74, 6) is 0.767. The number of hydrogen-bond acceptors (Lipinski definition) is 3. The minimum Gasteiger partial charge on any atom is -0.259 e. The molecule has 2 aromatic rings. The molecule has 0 aliphatic carbocycles. The summed E-state index contributed by atoms with van der Waals surface area (Å²) in [6.45, 7) is 13.1. The normalized spacial score (nSPS) is 12.7. The standard InChI is InChI=1S/C15H22N4/c1-14(2,3)11-9-12(15(4,5)6)19(18-11)13-10-16-7-8-17-13/h7-10H,1-6H3. The first-order valence-corrected chi connectivity index (χ1v) is 6.57. The van der Waals surface area contributed by atoms with E-state index in [4.69, 9.17) is 5.10 Å². The van der Waals surface area contributed by atoms with Crippen molar-refractivity contribution in [2.75, 3.05) is 0 Å². The van der Waals surface area contributed by atoms with Gasteiger partial charge in [-0.2, -0.15) is 5.10 Å². The third kappa shape index (κ3) is 2.83. The summed E-state index contributed by atoms with van der Waals surface area (Å²) in [4.78, 5) is 8.49. The Bertz CT molecular complexity index is 556. The predicted octanol–water partition coefficient (Wildman–Crippen LogP) is 3.26. The van der Waals surface area contributed by atoms with Gasteiger partial charge in [0.15, 0.2) is 5.82 Å². The Morgan fingerprint density at radius 3 is 2.11 bits per heavy atom. The number of aromatic nitrogens is 4. The van der Waals surface area contributed by atoms with E-state index in [-0.39, 0.29) is 10.8 Å². The molecule has 4 heteroatoms. The maximum absolute atomic E-state index is 4.73. The zero-order valence-corrected chi connectivity index (χ0v) is 12.6. The Morgan fingerprint density at radius 1 is 0.947 bits per heavy atom. The molecule has 0 atom stereocenters. The molecule has 2 rings (SSSR count). The fraction of sp³-hybridized carbons (Fsp3) is 0.533. The van der Waals surface area contributed by atoms with Gasteiger partial charge < -0.3 is 0 Å². The SMILES string of the molecule is CC(C)(C)c1cc(C(C)(C)C)n(-c2cnccn2)n1. The van der Waals surface area contributed by atoms with Crippen LogP contribution in [0.5, 0.6) is 0 Å². The van der Waals surface area contributed by atoms with Crippen LogP contribution in [-0.2, 0) is 10.8 Å². The average molecular weight is 258 g/mol. The van der Waals surface area contributed by atoms with Crippen LogP contribution in [0.3, 0.4) is 0 Å². The van der Waals surface area contributed by atoms with E-state index in [0.29, 0.717) is 0 Å². The molecule has 0 fully saturated rings. The van der Waals surface area contributed by atoms with Gasteiger partial charge in [0, 0.05) is 23.2 Å². The lowest BCUT2D eigenvalue weighted by Crippen LogP contribution is -2.18. The summed E-state index contributed by atoms with van der Waals surface area (Å²) >= 11 is 0. The first kappa shape index (κ1) is 13.7. The van der Waals surface area contributed by atoms with Crippen LogP contribution in [0.15, 0.2) is 24.7 Å². The van der Waals surface area contributed by atoms with Crippen molar-refractivity contribution < 1.29 is 0 Å². The van der Waals surface area contributed by atoms with Crippen molar-refractivity contribution in [3.63, 3.8) is 0 Å². The molecule has 4 nitrogen and oxygen atoms in total. The average Bonchev–Trinajstić information content (AvgIpc) is 2.74. The van der Waals surface area contributed by atoms with E-state index in [0.717, 1.165) is 17.2 Å². The van der Waals surface area contributed by atoms with Crippen LogP contribution in [0, 0.1) is 0 Å². The topological polar surface area (TPSA) is 43.6 Å². The van der Waals surface area contributed by atoms with Crippen molar-refractivity contribution in [1.82, 2.24) is 19.7 Å². The summed E-state index contributed by atoms with van der Waals surface area (Å²) in [5, 5.41) is 4.73. The van der Waals surface area contributed by atoms with Crippen LogP contribution in [0.4, 0.5) is 0 Å². The number of nitrogens with zero attached hydrogens (tertiary/aromatic N) is 4. The third-order valence-electron chi connectivity index (χ3n) is 3.01. The second kappa shape index (κ2) is 4.44. The largest absolute Gasteiger partial charge is 0.259 e. The zero-order valence-electron chi connectivity index (χ0n) is 12.6. The molecule has 0 saturated carbocycles. The number of hydrogen-bond donors (Lipinski definition) is 0. The second-order valence-corrected chi connectivity index (χ2v) is 6.89. The molecule has 2 aromatic heterocycles. The van der Waals surface area contributed by atoms with Crippen molar-refractivity contribution >= 4 is 0 Å². The van der Waals surface area contributed by atoms with Crippen molar-refractivity contribution in [2.24, 2.45) is 0 Å². The molecule has 0 radical (unpaired) electrons. The van der Waals surface area contributed by atoms with E-state index in [1.54, 1.807) is 18.6 Å². The highest BCUT2D eigenvalue weighted by Gasteiger charge is 2.26. The molecule has 0 aliphatic heterocycles. The lowest BCUT2D eigenvalue weighted by molar-refractivity contribution is 0.533. The Labute approximate surface area is 114 Å². The minimum atomic E-state index is 0.00796. The van der Waals surface area contributed by atoms with E-state index in [9.17, 15) is 0 Å². The van der Waals surface area contributed by atoms with Gasteiger partial charge in [-0.1, -0.05) is 41.5 Å². The monoisotopic (exact) mass is 258 g/mol. The Hall–Kier alpha value is -1.71. The highest BCUT2D eigenvalue weighted by molar-refractivity contribution is 5.30. The van der Waals surface area contributed by atoms with Crippen LogP contribution < -0.4 is 0 Å². The molecule has 19 heavy (non-hydrogen) atoms. The van der Waals surface area contributed by atoms with Crippen molar-refractivity contribution in [2.45, 2.75) is 52.4 Å². The Balaban J connectivity index is 2.63. The van der Waals surface area contributed by atoms with Gasteiger partial charge in [0.1, 0.15) is 0 Å². The van der Waals surface area contributed by atoms with Gasteiger partial charge in [-0.25, -0.2) is 9.67 Å². The van der Waals surface area contributed by atoms with E-state index < -0.39 is 0 Å². The lowest BCUT2D eigenvalue weighted by atomic mass is 9.88. The van der Waals surface area contributed by atoms with Gasteiger partial charge in [0.25, 0.3) is 0 Å². The van der Waals surface area contributed by atoms with Crippen LogP contribution >= 0.6 is 0 Å². The minimum absolute atomic E-state index is 0.00796. The Kier molecular flexibility index (Phi) is 3.20. The summed E-state index contributed by atoms with van der Waals surface area (Å²) < 4.78 is 1.91. The molecule has 0 aromatic carbocycles. The fourth-order valence-corrected chi connectivity index (χ4v) is 1.86. The van der Waals surface area contributed by atoms with Crippen molar-refractivity contribution in [3.05, 3.63) is 36.0 Å². The predicted molar refractivity (Wildman–Crippen MR) is 76.6 cm³/mol. The molecule has 0 spiro atoms. The highest BCUT2D eigenvalue weighted by Crippen LogP contribution is 2.29. The van der Waals surface area contributed by atoms with Crippen molar-refractivity contribution in [1.29, 1.82) is 0 Å². The summed E-state index contributed by atoms with van der Waals surface area (Å²) in [6.07, 6.45) is 5.11. The molecular weight excluding hydrogens is 236 g/mol. The third-order valence-corrected chi connectivity index (χ3v) is 3.01. The summed E-state index contributed by atoms with van der Waals surface area (Å²) in [5.41, 5.74) is 2.25. The number of rotatable bonds is 1. The van der Waals surface area contributed by atoms with E-state index >= 15 is 0 Å². The van der Waals surface area contributed by atoms with Gasteiger partial charge >= 0.3 is 0 Å². The first-order valence-electron chi connectivity index (χ1n) is 6.57. The Morgan fingerprint density at radius 2 is 1.63 bits per heavy atom. The molecule has 102 valence electrons. The second-order valence-electron chi connectivity index (χ2n) is 6.89. The van der Waals surface area contributed by atoms with Gasteiger partial charge in [0.05, 0.1) is 17.6 Å². The molecule has 0 bridgehead atoms. The quantitative estimate of drug-likeness (QED) is 0.788. The first-order chi connectivity index (χ1) is 8.69. The van der Waals surface area contributed by atoms with Gasteiger partial charge in [0.2, 0.25) is 0 Å². The van der Waals surface area contributed by atoms with E-state index in [1.165, 1.54) is 0 Å². The van der Waals surface area contributed by atoms with Gasteiger partial charge in [-0.3, -0.25) is 4.98 Å². The molecule has 2 heterocycles. The zero-order chi connectivity index (χ0) is 14.3. The molecule has 0 aliphatic rings. The van der Waals surface area contributed by atoms with Gasteiger partial charge in [-0.05, 0) is 6.07 Å². The van der Waals surface area contributed by atoms with E-state index in [2.05, 4.69) is 57.6 Å². The maximum Gasteiger partial charge on any atom is 0.172 e. The lowest BCUT2D eigenvalue weighted by Gasteiger charge is -2.19. The van der Waals surface area contributed by atoms with Crippen LogP contribution in [0.25, 0.3) is 5.82 Å². The smallest absolute Gasteiger partial charge is 0.172 e. The van der Waals surface area contributed by atoms with Crippen LogP contribution in [0.1, 0.15) is 52.9 Å². The van der Waals surface area contributed by atoms with Crippen LogP contribution in [-0.4, -0.2) is 19.7 Å². The maximum atomic E-state index is 4.73.